The first-order valence-corrected chi connectivity index (χ1v) is 5.58. The van der Waals surface area contributed by atoms with Crippen LogP contribution in [0.4, 0.5) is 5.69 Å². The maximum atomic E-state index is 11.0. The second-order valence-corrected chi connectivity index (χ2v) is 4.51. The van der Waals surface area contributed by atoms with Crippen LogP contribution in [0.5, 0.6) is 5.75 Å². The molecule has 0 aliphatic rings. The van der Waals surface area contributed by atoms with Crippen LogP contribution >= 0.6 is 0 Å². The number of benzene rings is 1. The molecule has 94 valence electrons. The second kappa shape index (κ2) is 5.57. The molecule has 0 spiro atoms. The summed E-state index contributed by atoms with van der Waals surface area (Å²) in [6, 6.07) is 7.39. The van der Waals surface area contributed by atoms with Crippen LogP contribution in [0.2, 0.25) is 0 Å². The molecule has 0 bridgehead atoms. The van der Waals surface area contributed by atoms with Gasteiger partial charge in [-0.05, 0) is 12.1 Å². The van der Waals surface area contributed by atoms with Gasteiger partial charge in [-0.1, -0.05) is 19.9 Å². The van der Waals surface area contributed by atoms with Gasteiger partial charge in [-0.2, -0.15) is 0 Å². The van der Waals surface area contributed by atoms with Crippen LogP contribution in [0.1, 0.15) is 13.8 Å². The van der Waals surface area contributed by atoms with Gasteiger partial charge in [-0.15, -0.1) is 0 Å². The molecule has 1 rings (SSSR count). The van der Waals surface area contributed by atoms with Crippen LogP contribution in [0.3, 0.4) is 0 Å². The van der Waals surface area contributed by atoms with Gasteiger partial charge in [0.15, 0.2) is 6.10 Å². The molecular weight excluding hydrogens is 218 g/mol. The van der Waals surface area contributed by atoms with Gasteiger partial charge < -0.3 is 14.7 Å². The van der Waals surface area contributed by atoms with Crippen molar-refractivity contribution in [1.29, 1.82) is 0 Å². The molecule has 0 fully saturated rings. The van der Waals surface area contributed by atoms with E-state index in [1.54, 1.807) is 6.07 Å². The summed E-state index contributed by atoms with van der Waals surface area (Å²) in [4.78, 5) is 13.0. The standard InChI is InChI=1S/C13H19NO3/c1-9(2)12(13(15)16)17-11-7-5-6-10(8-11)14(3)4/h5-9,12H,1-4H3,(H,15,16). The minimum absolute atomic E-state index is 0.0736. The average molecular weight is 237 g/mol. The number of rotatable bonds is 5. The highest BCUT2D eigenvalue weighted by Crippen LogP contribution is 2.22. The van der Waals surface area contributed by atoms with E-state index in [0.29, 0.717) is 5.75 Å². The molecule has 0 aliphatic heterocycles. The Hall–Kier alpha value is -1.71. The van der Waals surface area contributed by atoms with Crippen LogP contribution in [0.25, 0.3) is 0 Å². The minimum atomic E-state index is -0.935. The van der Waals surface area contributed by atoms with Gasteiger partial charge >= 0.3 is 5.97 Å². The van der Waals surface area contributed by atoms with E-state index in [-0.39, 0.29) is 5.92 Å². The van der Waals surface area contributed by atoms with Crippen molar-refractivity contribution >= 4 is 11.7 Å². The van der Waals surface area contributed by atoms with Crippen molar-refractivity contribution < 1.29 is 14.6 Å². The van der Waals surface area contributed by atoms with Gasteiger partial charge in [-0.25, -0.2) is 4.79 Å². The van der Waals surface area contributed by atoms with Crippen LogP contribution in [0.15, 0.2) is 24.3 Å². The average Bonchev–Trinajstić information content (AvgIpc) is 2.25. The number of hydrogen-bond donors (Lipinski definition) is 1. The molecule has 4 nitrogen and oxygen atoms in total. The van der Waals surface area contributed by atoms with E-state index in [4.69, 9.17) is 9.84 Å². The zero-order valence-electron chi connectivity index (χ0n) is 10.7. The Balaban J connectivity index is 2.86. The van der Waals surface area contributed by atoms with Crippen molar-refractivity contribution in [2.24, 2.45) is 5.92 Å². The van der Waals surface area contributed by atoms with E-state index in [0.717, 1.165) is 5.69 Å². The van der Waals surface area contributed by atoms with Gasteiger partial charge in [0.25, 0.3) is 0 Å². The molecule has 1 aromatic carbocycles. The van der Waals surface area contributed by atoms with E-state index in [1.807, 2.05) is 51.0 Å². The molecule has 1 aromatic rings. The molecule has 0 heterocycles. The first kappa shape index (κ1) is 13.4. The van der Waals surface area contributed by atoms with Crippen LogP contribution in [0, 0.1) is 5.92 Å². The first-order valence-electron chi connectivity index (χ1n) is 5.58. The number of carboxylic acid groups (broad SMARTS) is 1. The van der Waals surface area contributed by atoms with Crippen molar-refractivity contribution in [3.63, 3.8) is 0 Å². The lowest BCUT2D eigenvalue weighted by Gasteiger charge is -2.20. The largest absolute Gasteiger partial charge is 0.478 e. The number of nitrogens with zero attached hydrogens (tertiary/aromatic N) is 1. The van der Waals surface area contributed by atoms with Gasteiger partial charge in [-0.3, -0.25) is 0 Å². The predicted octanol–water partition coefficient (Wildman–Crippen LogP) is 2.24. The van der Waals surface area contributed by atoms with E-state index >= 15 is 0 Å². The summed E-state index contributed by atoms with van der Waals surface area (Å²) in [6.45, 7) is 3.66. The Bertz CT molecular complexity index is 388. The zero-order chi connectivity index (χ0) is 13.0. The number of carboxylic acids is 1. The SMILES string of the molecule is CC(C)C(Oc1cccc(N(C)C)c1)C(=O)O. The third-order valence-corrected chi connectivity index (χ3v) is 2.45. The number of aliphatic carboxylic acids is 1. The summed E-state index contributed by atoms with van der Waals surface area (Å²) < 4.78 is 5.50. The summed E-state index contributed by atoms with van der Waals surface area (Å²) in [7, 11) is 3.85. The maximum Gasteiger partial charge on any atom is 0.345 e. The Morgan fingerprint density at radius 2 is 2.00 bits per heavy atom. The van der Waals surface area contributed by atoms with Crippen molar-refractivity contribution in [1.82, 2.24) is 0 Å². The molecule has 4 heteroatoms. The fourth-order valence-electron chi connectivity index (χ4n) is 1.45. The predicted molar refractivity (Wildman–Crippen MR) is 67.7 cm³/mol. The Morgan fingerprint density at radius 3 is 2.47 bits per heavy atom. The highest BCUT2D eigenvalue weighted by Gasteiger charge is 2.23. The summed E-state index contributed by atoms with van der Waals surface area (Å²) in [6.07, 6.45) is -0.813. The van der Waals surface area contributed by atoms with Gasteiger partial charge in [0.2, 0.25) is 0 Å². The van der Waals surface area contributed by atoms with Crippen LogP contribution in [-0.2, 0) is 4.79 Å². The monoisotopic (exact) mass is 237 g/mol. The number of ether oxygens (including phenoxy) is 1. The molecule has 1 atom stereocenters. The molecule has 0 aromatic heterocycles. The number of carbonyl (C=O) groups is 1. The summed E-state index contributed by atoms with van der Waals surface area (Å²) in [5, 5.41) is 9.05. The number of anilines is 1. The van der Waals surface area contributed by atoms with Gasteiger partial charge in [0.05, 0.1) is 0 Å². The van der Waals surface area contributed by atoms with Crippen LogP contribution in [-0.4, -0.2) is 31.3 Å². The lowest BCUT2D eigenvalue weighted by atomic mass is 10.1. The molecule has 0 aliphatic carbocycles. The quantitative estimate of drug-likeness (QED) is 0.853. The molecule has 0 amide bonds. The summed E-state index contributed by atoms with van der Waals surface area (Å²) in [5.41, 5.74) is 0.982. The lowest BCUT2D eigenvalue weighted by Crippen LogP contribution is -2.32. The van der Waals surface area contributed by atoms with E-state index in [9.17, 15) is 4.79 Å². The molecule has 0 radical (unpaired) electrons. The fraction of sp³-hybridized carbons (Fsp3) is 0.462. The maximum absolute atomic E-state index is 11.0. The topological polar surface area (TPSA) is 49.8 Å². The highest BCUT2D eigenvalue weighted by molar-refractivity contribution is 5.73. The smallest absolute Gasteiger partial charge is 0.345 e. The van der Waals surface area contributed by atoms with Crippen molar-refractivity contribution in [3.05, 3.63) is 24.3 Å². The molecule has 1 N–H and O–H groups in total. The molecular formula is C13H19NO3. The molecule has 17 heavy (non-hydrogen) atoms. The molecule has 1 unspecified atom stereocenters. The molecule has 0 saturated carbocycles. The first-order chi connectivity index (χ1) is 7.91. The number of hydrogen-bond acceptors (Lipinski definition) is 3. The third-order valence-electron chi connectivity index (χ3n) is 2.45. The Kier molecular flexibility index (Phi) is 4.37. The second-order valence-electron chi connectivity index (χ2n) is 4.51. The third kappa shape index (κ3) is 3.66. The van der Waals surface area contributed by atoms with E-state index < -0.39 is 12.1 Å². The van der Waals surface area contributed by atoms with Crippen LogP contribution < -0.4 is 9.64 Å². The van der Waals surface area contributed by atoms with Gasteiger partial charge in [0, 0.05) is 31.8 Å². The van der Waals surface area contributed by atoms with Crippen molar-refractivity contribution in [3.8, 4) is 5.75 Å². The normalized spacial score (nSPS) is 12.3. The van der Waals surface area contributed by atoms with Crippen molar-refractivity contribution in [2.45, 2.75) is 20.0 Å². The highest BCUT2D eigenvalue weighted by atomic mass is 16.5. The van der Waals surface area contributed by atoms with Gasteiger partial charge in [0.1, 0.15) is 5.75 Å². The Morgan fingerprint density at radius 1 is 1.35 bits per heavy atom. The minimum Gasteiger partial charge on any atom is -0.478 e. The summed E-state index contributed by atoms with van der Waals surface area (Å²) >= 11 is 0. The summed E-state index contributed by atoms with van der Waals surface area (Å²) in [5.74, 6) is -0.428. The Labute approximate surface area is 102 Å². The molecule has 0 saturated heterocycles. The zero-order valence-corrected chi connectivity index (χ0v) is 10.7. The fourth-order valence-corrected chi connectivity index (χ4v) is 1.45. The van der Waals surface area contributed by atoms with Crippen molar-refractivity contribution in [2.75, 3.05) is 19.0 Å². The van der Waals surface area contributed by atoms with E-state index in [2.05, 4.69) is 0 Å². The van der Waals surface area contributed by atoms with E-state index in [1.165, 1.54) is 0 Å². The lowest BCUT2D eigenvalue weighted by molar-refractivity contribution is -0.147.